The highest BCUT2D eigenvalue weighted by Gasteiger charge is 2.13. The topological polar surface area (TPSA) is 72.5 Å². The van der Waals surface area contributed by atoms with Gasteiger partial charge in [0.2, 0.25) is 0 Å². The zero-order valence-corrected chi connectivity index (χ0v) is 12.4. The maximum Gasteiger partial charge on any atom is 0.337 e. The molecule has 0 aliphatic heterocycles. The van der Waals surface area contributed by atoms with Gasteiger partial charge in [-0.05, 0) is 31.5 Å². The summed E-state index contributed by atoms with van der Waals surface area (Å²) in [6, 6.07) is 4.90. The predicted octanol–water partition coefficient (Wildman–Crippen LogP) is 1.63. The summed E-state index contributed by atoms with van der Waals surface area (Å²) < 4.78 is 27.1. The normalized spacial score (nSPS) is 12.8. The minimum Gasteiger partial charge on any atom is -0.465 e. The number of ether oxygens (including phenoxy) is 1. The summed E-state index contributed by atoms with van der Waals surface area (Å²) in [5.74, 6) is -0.381. The zero-order chi connectivity index (χ0) is 14.6. The summed E-state index contributed by atoms with van der Waals surface area (Å²) in [7, 11) is -1.72. The van der Waals surface area contributed by atoms with Crippen molar-refractivity contribution in [3.8, 4) is 0 Å². The molecule has 1 aromatic rings. The van der Waals surface area contributed by atoms with Gasteiger partial charge in [-0.2, -0.15) is 0 Å². The van der Waals surface area contributed by atoms with Gasteiger partial charge in [-0.1, -0.05) is 6.07 Å². The van der Waals surface area contributed by atoms with Crippen LogP contribution in [0.15, 0.2) is 18.2 Å². The molecule has 0 aliphatic carbocycles. The van der Waals surface area contributed by atoms with Crippen LogP contribution in [0.1, 0.15) is 22.8 Å². The molecule has 6 heteroatoms. The fraction of sp³-hybridized carbons (Fsp3) is 0.462. The van der Waals surface area contributed by atoms with Crippen LogP contribution in [0.3, 0.4) is 0 Å². The Balaban J connectivity index is 2.91. The van der Waals surface area contributed by atoms with E-state index < -0.39 is 15.8 Å². The van der Waals surface area contributed by atoms with Gasteiger partial charge in [0.05, 0.1) is 18.4 Å². The zero-order valence-electron chi connectivity index (χ0n) is 11.6. The van der Waals surface area contributed by atoms with E-state index in [2.05, 4.69) is 10.1 Å². The highest BCUT2D eigenvalue weighted by atomic mass is 32.2. The highest BCUT2D eigenvalue weighted by molar-refractivity contribution is 7.90. The van der Waals surface area contributed by atoms with Crippen molar-refractivity contribution in [2.24, 2.45) is 0 Å². The SMILES string of the molecule is COC(=O)c1ccc(C)c(NC(C)CS(C)(=O)=O)c1. The molecule has 0 bridgehead atoms. The Hall–Kier alpha value is -1.56. The van der Waals surface area contributed by atoms with Gasteiger partial charge in [-0.3, -0.25) is 0 Å². The van der Waals surface area contributed by atoms with E-state index in [0.29, 0.717) is 5.56 Å². The van der Waals surface area contributed by atoms with Crippen molar-refractivity contribution in [1.29, 1.82) is 0 Å². The molecule has 1 N–H and O–H groups in total. The number of methoxy groups -OCH3 is 1. The lowest BCUT2D eigenvalue weighted by Crippen LogP contribution is -2.25. The fourth-order valence-electron chi connectivity index (χ4n) is 1.78. The highest BCUT2D eigenvalue weighted by Crippen LogP contribution is 2.18. The molecule has 0 spiro atoms. The lowest BCUT2D eigenvalue weighted by molar-refractivity contribution is 0.0601. The molecule has 0 aromatic heterocycles. The Labute approximate surface area is 113 Å². The summed E-state index contributed by atoms with van der Waals surface area (Å²) in [5.41, 5.74) is 2.11. The van der Waals surface area contributed by atoms with Crippen LogP contribution in [0.4, 0.5) is 5.69 Å². The molecular formula is C13H19NO4S. The molecule has 1 atom stereocenters. The van der Waals surface area contributed by atoms with Gasteiger partial charge < -0.3 is 10.1 Å². The monoisotopic (exact) mass is 285 g/mol. The van der Waals surface area contributed by atoms with Gasteiger partial charge >= 0.3 is 5.97 Å². The second-order valence-electron chi connectivity index (χ2n) is 4.66. The van der Waals surface area contributed by atoms with Crippen molar-refractivity contribution in [1.82, 2.24) is 0 Å². The maximum absolute atomic E-state index is 11.4. The van der Waals surface area contributed by atoms with E-state index in [1.807, 2.05) is 6.92 Å². The number of anilines is 1. The number of sulfone groups is 1. The fourth-order valence-corrected chi connectivity index (χ4v) is 2.78. The summed E-state index contributed by atoms with van der Waals surface area (Å²) in [5, 5.41) is 3.10. The first kappa shape index (κ1) is 15.5. The Morgan fingerprint density at radius 3 is 2.58 bits per heavy atom. The number of carbonyl (C=O) groups excluding carboxylic acids is 1. The summed E-state index contributed by atoms with van der Waals surface area (Å²) in [4.78, 5) is 11.4. The second-order valence-corrected chi connectivity index (χ2v) is 6.84. The first-order chi connectivity index (χ1) is 8.73. The number of nitrogens with one attached hydrogen (secondary N) is 1. The Bertz CT molecular complexity index is 566. The molecule has 0 heterocycles. The van der Waals surface area contributed by atoms with Gasteiger partial charge in [0.15, 0.2) is 0 Å². The van der Waals surface area contributed by atoms with E-state index in [1.54, 1.807) is 25.1 Å². The van der Waals surface area contributed by atoms with Crippen molar-refractivity contribution in [2.75, 3.05) is 24.4 Å². The van der Waals surface area contributed by atoms with Crippen LogP contribution in [0.25, 0.3) is 0 Å². The maximum atomic E-state index is 11.4. The third-order valence-corrected chi connectivity index (χ3v) is 3.72. The van der Waals surface area contributed by atoms with Gasteiger partial charge in [0, 0.05) is 18.0 Å². The first-order valence-electron chi connectivity index (χ1n) is 5.86. The summed E-state index contributed by atoms with van der Waals surface area (Å²) in [6.45, 7) is 3.67. The van der Waals surface area contributed by atoms with Crippen LogP contribution < -0.4 is 5.32 Å². The number of carbonyl (C=O) groups is 1. The first-order valence-corrected chi connectivity index (χ1v) is 7.92. The third-order valence-electron chi connectivity index (χ3n) is 2.61. The minimum atomic E-state index is -3.04. The molecule has 0 fully saturated rings. The third kappa shape index (κ3) is 4.90. The van der Waals surface area contributed by atoms with Crippen LogP contribution in [0.5, 0.6) is 0 Å². The number of hydrogen-bond acceptors (Lipinski definition) is 5. The Kier molecular flexibility index (Phi) is 4.94. The van der Waals surface area contributed by atoms with Gasteiger partial charge in [-0.15, -0.1) is 0 Å². The number of hydrogen-bond donors (Lipinski definition) is 1. The molecule has 1 unspecified atom stereocenters. The second kappa shape index (κ2) is 6.06. The van der Waals surface area contributed by atoms with Crippen LogP contribution in [0.2, 0.25) is 0 Å². The molecule has 0 amide bonds. The molecule has 0 radical (unpaired) electrons. The summed E-state index contributed by atoms with van der Waals surface area (Å²) in [6.07, 6.45) is 1.20. The lowest BCUT2D eigenvalue weighted by Gasteiger charge is -2.16. The van der Waals surface area contributed by atoms with Crippen LogP contribution >= 0.6 is 0 Å². The molecular weight excluding hydrogens is 266 g/mol. The van der Waals surface area contributed by atoms with Crippen molar-refractivity contribution in [3.05, 3.63) is 29.3 Å². The molecule has 0 saturated carbocycles. The quantitative estimate of drug-likeness (QED) is 0.832. The number of esters is 1. The smallest absolute Gasteiger partial charge is 0.337 e. The average Bonchev–Trinajstić information content (AvgIpc) is 2.28. The van der Waals surface area contributed by atoms with Crippen molar-refractivity contribution < 1.29 is 17.9 Å². The van der Waals surface area contributed by atoms with E-state index in [1.165, 1.54) is 13.4 Å². The molecule has 19 heavy (non-hydrogen) atoms. The van der Waals surface area contributed by atoms with Crippen LogP contribution in [-0.2, 0) is 14.6 Å². The number of benzene rings is 1. The molecule has 0 aliphatic rings. The van der Waals surface area contributed by atoms with E-state index in [9.17, 15) is 13.2 Å². The van der Waals surface area contributed by atoms with Crippen LogP contribution in [0, 0.1) is 6.92 Å². The van der Waals surface area contributed by atoms with E-state index in [-0.39, 0.29) is 11.8 Å². The van der Waals surface area contributed by atoms with Gasteiger partial charge in [0.1, 0.15) is 9.84 Å². The Morgan fingerprint density at radius 1 is 1.42 bits per heavy atom. The lowest BCUT2D eigenvalue weighted by atomic mass is 10.1. The van der Waals surface area contributed by atoms with E-state index >= 15 is 0 Å². The Morgan fingerprint density at radius 2 is 2.05 bits per heavy atom. The predicted molar refractivity (Wildman–Crippen MR) is 75.3 cm³/mol. The molecule has 5 nitrogen and oxygen atoms in total. The van der Waals surface area contributed by atoms with Gasteiger partial charge in [-0.25, -0.2) is 13.2 Å². The molecule has 1 rings (SSSR count). The largest absolute Gasteiger partial charge is 0.465 e. The van der Waals surface area contributed by atoms with E-state index in [0.717, 1.165) is 11.3 Å². The molecule has 106 valence electrons. The van der Waals surface area contributed by atoms with Crippen molar-refractivity contribution in [3.63, 3.8) is 0 Å². The molecule has 1 aromatic carbocycles. The average molecular weight is 285 g/mol. The standard InChI is InChI=1S/C13H19NO4S/c1-9-5-6-11(13(15)18-3)7-12(9)14-10(2)8-19(4,16)17/h5-7,10,14H,8H2,1-4H3. The van der Waals surface area contributed by atoms with Gasteiger partial charge in [0.25, 0.3) is 0 Å². The van der Waals surface area contributed by atoms with Crippen molar-refractivity contribution >= 4 is 21.5 Å². The molecule has 0 saturated heterocycles. The van der Waals surface area contributed by atoms with E-state index in [4.69, 9.17) is 0 Å². The number of aryl methyl sites for hydroxylation is 1. The minimum absolute atomic E-state index is 0.0366. The number of rotatable bonds is 5. The summed E-state index contributed by atoms with van der Waals surface area (Å²) >= 11 is 0. The van der Waals surface area contributed by atoms with Crippen molar-refractivity contribution in [2.45, 2.75) is 19.9 Å². The van der Waals surface area contributed by atoms with Crippen LogP contribution in [-0.4, -0.2) is 39.5 Å².